The Hall–Kier alpha value is -1.61. The third-order valence-electron chi connectivity index (χ3n) is 2.42. The van der Waals surface area contributed by atoms with Crippen molar-refractivity contribution in [3.63, 3.8) is 0 Å². The summed E-state index contributed by atoms with van der Waals surface area (Å²) in [5.41, 5.74) is 3.27. The van der Waals surface area contributed by atoms with Crippen molar-refractivity contribution < 1.29 is 0 Å². The highest BCUT2D eigenvalue weighted by molar-refractivity contribution is 6.17. The Morgan fingerprint density at radius 2 is 1.82 bits per heavy atom. The van der Waals surface area contributed by atoms with Crippen LogP contribution in [0.5, 0.6) is 0 Å². The predicted octanol–water partition coefficient (Wildman–Crippen LogP) is 3.14. The van der Waals surface area contributed by atoms with Crippen LogP contribution in [0.3, 0.4) is 0 Å². The molecule has 88 valence electrons. The van der Waals surface area contributed by atoms with Gasteiger partial charge in [-0.1, -0.05) is 24.3 Å². The molecule has 0 aliphatic heterocycles. The molecule has 17 heavy (non-hydrogen) atoms. The van der Waals surface area contributed by atoms with Crippen molar-refractivity contribution in [1.82, 2.24) is 9.97 Å². The number of rotatable bonds is 4. The fourth-order valence-corrected chi connectivity index (χ4v) is 1.64. The molecule has 0 bridgehead atoms. The fourth-order valence-electron chi connectivity index (χ4n) is 1.46. The molecule has 0 atom stereocenters. The van der Waals surface area contributed by atoms with E-state index in [9.17, 15) is 0 Å². The third-order valence-corrected chi connectivity index (χ3v) is 2.73. The molecule has 0 aliphatic carbocycles. The van der Waals surface area contributed by atoms with Crippen LogP contribution in [0.1, 0.15) is 16.8 Å². The van der Waals surface area contributed by atoms with Gasteiger partial charge in [0.15, 0.2) is 0 Å². The molecule has 0 saturated heterocycles. The molecular formula is C13H14ClN3. The van der Waals surface area contributed by atoms with Gasteiger partial charge in [-0.3, -0.25) is 0 Å². The summed E-state index contributed by atoms with van der Waals surface area (Å²) in [5.74, 6) is 1.21. The molecule has 1 aromatic carbocycles. The van der Waals surface area contributed by atoms with Crippen molar-refractivity contribution in [2.75, 3.05) is 5.32 Å². The van der Waals surface area contributed by atoms with Crippen LogP contribution in [0.4, 0.5) is 5.95 Å². The van der Waals surface area contributed by atoms with E-state index in [1.54, 1.807) is 6.20 Å². The molecule has 2 rings (SSSR count). The van der Waals surface area contributed by atoms with Gasteiger partial charge in [-0.05, 0) is 24.1 Å². The number of benzene rings is 1. The van der Waals surface area contributed by atoms with E-state index >= 15 is 0 Å². The summed E-state index contributed by atoms with van der Waals surface area (Å²) in [6.45, 7) is 2.66. The lowest BCUT2D eigenvalue weighted by atomic mass is 10.1. The zero-order chi connectivity index (χ0) is 12.1. The molecule has 0 aliphatic rings. The summed E-state index contributed by atoms with van der Waals surface area (Å²) >= 11 is 5.73. The van der Waals surface area contributed by atoms with E-state index in [2.05, 4.69) is 27.4 Å². The number of nitrogens with zero attached hydrogens (tertiary/aromatic N) is 2. The van der Waals surface area contributed by atoms with Gasteiger partial charge in [0.2, 0.25) is 5.95 Å². The molecular weight excluding hydrogens is 234 g/mol. The van der Waals surface area contributed by atoms with E-state index in [1.807, 2.05) is 25.1 Å². The molecule has 4 heteroatoms. The molecule has 0 saturated carbocycles. The van der Waals surface area contributed by atoms with E-state index in [0.717, 1.165) is 11.3 Å². The average molecular weight is 248 g/mol. The first-order chi connectivity index (χ1) is 8.28. The van der Waals surface area contributed by atoms with Crippen molar-refractivity contribution >= 4 is 17.5 Å². The number of hydrogen-bond donors (Lipinski definition) is 1. The van der Waals surface area contributed by atoms with Crippen molar-refractivity contribution in [3.8, 4) is 0 Å². The Bertz CT molecular complexity index is 482. The monoisotopic (exact) mass is 247 g/mol. The second kappa shape index (κ2) is 5.64. The second-order valence-electron chi connectivity index (χ2n) is 3.83. The maximum Gasteiger partial charge on any atom is 0.223 e. The van der Waals surface area contributed by atoms with E-state index in [0.29, 0.717) is 18.4 Å². The Labute approximate surface area is 106 Å². The molecule has 3 nitrogen and oxygen atoms in total. The number of hydrogen-bond acceptors (Lipinski definition) is 3. The first-order valence-electron chi connectivity index (χ1n) is 5.45. The number of nitrogens with one attached hydrogen (secondary N) is 1. The molecule has 0 amide bonds. The van der Waals surface area contributed by atoms with E-state index < -0.39 is 0 Å². The summed E-state index contributed by atoms with van der Waals surface area (Å²) < 4.78 is 0. The largest absolute Gasteiger partial charge is 0.350 e. The molecule has 0 spiro atoms. The van der Waals surface area contributed by atoms with Crippen LogP contribution in [-0.2, 0) is 12.4 Å². The summed E-state index contributed by atoms with van der Waals surface area (Å²) in [6.07, 6.45) is 1.75. The van der Waals surface area contributed by atoms with Crippen LogP contribution < -0.4 is 5.32 Å². The van der Waals surface area contributed by atoms with Crippen molar-refractivity contribution in [2.45, 2.75) is 19.3 Å². The number of anilines is 1. The first-order valence-corrected chi connectivity index (χ1v) is 5.98. The normalized spacial score (nSPS) is 10.2. The van der Waals surface area contributed by atoms with Gasteiger partial charge in [0.1, 0.15) is 0 Å². The molecule has 1 aromatic heterocycles. The van der Waals surface area contributed by atoms with Crippen LogP contribution in [-0.4, -0.2) is 9.97 Å². The summed E-state index contributed by atoms with van der Waals surface area (Å²) in [5, 5.41) is 3.18. The third kappa shape index (κ3) is 3.43. The Morgan fingerprint density at radius 1 is 1.12 bits per heavy atom. The fraction of sp³-hybridized carbons (Fsp3) is 0.231. The van der Waals surface area contributed by atoms with Crippen molar-refractivity contribution in [1.29, 1.82) is 0 Å². The Kier molecular flexibility index (Phi) is 3.94. The lowest BCUT2D eigenvalue weighted by Gasteiger charge is -2.05. The lowest BCUT2D eigenvalue weighted by Crippen LogP contribution is -2.03. The van der Waals surface area contributed by atoms with E-state index in [1.165, 1.54) is 5.56 Å². The molecule has 1 N–H and O–H groups in total. The molecule has 0 radical (unpaired) electrons. The van der Waals surface area contributed by atoms with E-state index in [-0.39, 0.29) is 0 Å². The number of aromatic nitrogens is 2. The lowest BCUT2D eigenvalue weighted by molar-refractivity contribution is 1.03. The summed E-state index contributed by atoms with van der Waals surface area (Å²) in [4.78, 5) is 8.42. The van der Waals surface area contributed by atoms with Gasteiger partial charge in [0, 0.05) is 24.3 Å². The van der Waals surface area contributed by atoms with Gasteiger partial charge in [-0.2, -0.15) is 0 Å². The van der Waals surface area contributed by atoms with Gasteiger partial charge >= 0.3 is 0 Å². The average Bonchev–Trinajstić information content (AvgIpc) is 2.37. The zero-order valence-electron chi connectivity index (χ0n) is 9.65. The smallest absolute Gasteiger partial charge is 0.223 e. The van der Waals surface area contributed by atoms with Crippen LogP contribution in [0.15, 0.2) is 36.5 Å². The minimum absolute atomic E-state index is 0.550. The summed E-state index contributed by atoms with van der Waals surface area (Å²) in [6, 6.07) is 10.0. The SMILES string of the molecule is Cc1ccnc(NCc2ccc(CCl)cc2)n1. The van der Waals surface area contributed by atoms with Crippen molar-refractivity contribution in [2.24, 2.45) is 0 Å². The molecule has 1 heterocycles. The highest BCUT2D eigenvalue weighted by atomic mass is 35.5. The maximum absolute atomic E-state index is 5.73. The number of alkyl halides is 1. The highest BCUT2D eigenvalue weighted by Crippen LogP contribution is 2.08. The first kappa shape index (κ1) is 11.9. The minimum atomic E-state index is 0.550. The minimum Gasteiger partial charge on any atom is -0.350 e. The predicted molar refractivity (Wildman–Crippen MR) is 70.1 cm³/mol. The number of halogens is 1. The van der Waals surface area contributed by atoms with Gasteiger partial charge in [0.05, 0.1) is 0 Å². The summed E-state index contributed by atoms with van der Waals surface area (Å²) in [7, 11) is 0. The maximum atomic E-state index is 5.73. The number of aryl methyl sites for hydroxylation is 1. The van der Waals surface area contributed by atoms with Gasteiger partial charge in [-0.25, -0.2) is 9.97 Å². The molecule has 0 fully saturated rings. The second-order valence-corrected chi connectivity index (χ2v) is 4.09. The zero-order valence-corrected chi connectivity index (χ0v) is 10.4. The van der Waals surface area contributed by atoms with Gasteiger partial charge in [0.25, 0.3) is 0 Å². The van der Waals surface area contributed by atoms with Crippen LogP contribution in [0.25, 0.3) is 0 Å². The molecule has 2 aromatic rings. The molecule has 0 unspecified atom stereocenters. The topological polar surface area (TPSA) is 37.8 Å². The van der Waals surface area contributed by atoms with Crippen LogP contribution >= 0.6 is 11.6 Å². The van der Waals surface area contributed by atoms with Crippen molar-refractivity contribution in [3.05, 3.63) is 53.3 Å². The Morgan fingerprint density at radius 3 is 2.47 bits per heavy atom. The van der Waals surface area contributed by atoms with Gasteiger partial charge in [-0.15, -0.1) is 11.6 Å². The van der Waals surface area contributed by atoms with Crippen LogP contribution in [0, 0.1) is 6.92 Å². The van der Waals surface area contributed by atoms with Gasteiger partial charge < -0.3 is 5.32 Å². The van der Waals surface area contributed by atoms with Crippen LogP contribution in [0.2, 0.25) is 0 Å². The quantitative estimate of drug-likeness (QED) is 0.844. The standard InChI is InChI=1S/C13H14ClN3/c1-10-6-7-15-13(17-10)16-9-12-4-2-11(8-14)3-5-12/h2-7H,8-9H2,1H3,(H,15,16,17). The highest BCUT2D eigenvalue weighted by Gasteiger charge is 1.97. The van der Waals surface area contributed by atoms with E-state index in [4.69, 9.17) is 11.6 Å². The Balaban J connectivity index is 1.97.